The number of nitrogens with zero attached hydrogens (tertiary/aromatic N) is 3. The molecular weight excluding hydrogens is 202 g/mol. The van der Waals surface area contributed by atoms with Gasteiger partial charge in [0.05, 0.1) is 19.8 Å². The molecule has 2 amide bonds. The Morgan fingerprint density at radius 1 is 1.13 bits per heavy atom. The molecule has 0 aliphatic rings. The molecule has 0 rings (SSSR count). The molecule has 0 bridgehead atoms. The Labute approximate surface area is 88.6 Å². The van der Waals surface area contributed by atoms with E-state index in [0.717, 1.165) is 0 Å². The van der Waals surface area contributed by atoms with Crippen molar-refractivity contribution in [2.45, 2.75) is 20.8 Å². The molecule has 0 unspecified atom stereocenters. The van der Waals surface area contributed by atoms with E-state index in [4.69, 9.17) is 19.8 Å². The van der Waals surface area contributed by atoms with Crippen LogP contribution in [0, 0.1) is 11.5 Å². The van der Waals surface area contributed by atoms with Gasteiger partial charge in [-0.05, 0) is 20.8 Å². The third kappa shape index (κ3) is 4.60. The Balaban J connectivity index is 4.38. The summed E-state index contributed by atoms with van der Waals surface area (Å²) in [6, 6.07) is -0.817. The van der Waals surface area contributed by atoms with Crippen molar-refractivity contribution in [2.24, 2.45) is 0 Å². The molecule has 0 spiro atoms. The van der Waals surface area contributed by atoms with Gasteiger partial charge in [0.15, 0.2) is 0 Å². The fourth-order valence-corrected chi connectivity index (χ4v) is 0.712. The Bertz CT molecular complexity index is 222. The Morgan fingerprint density at radius 3 is 1.93 bits per heavy atom. The van der Waals surface area contributed by atoms with Crippen LogP contribution in [-0.2, 0) is 14.5 Å². The first kappa shape index (κ1) is 13.6. The molecule has 0 aromatic carbocycles. The number of carbonyl (C=O) groups is 1. The van der Waals surface area contributed by atoms with Crippen LogP contribution in [0.25, 0.3) is 0 Å². The minimum absolute atomic E-state index is 0.200. The number of rotatable bonds is 6. The van der Waals surface area contributed by atoms with Crippen molar-refractivity contribution in [1.29, 1.82) is 5.26 Å². The molecule has 0 saturated heterocycles. The molecule has 0 N–H and O–H groups in total. The summed E-state index contributed by atoms with van der Waals surface area (Å²) in [6.45, 7) is 5.73. The summed E-state index contributed by atoms with van der Waals surface area (Å²) in [5.74, 6) is 0. The third-order valence-corrected chi connectivity index (χ3v) is 1.17. The van der Waals surface area contributed by atoms with E-state index >= 15 is 0 Å². The van der Waals surface area contributed by atoms with Gasteiger partial charge in [-0.25, -0.2) is 14.5 Å². The molecule has 0 radical (unpaired) electrons. The van der Waals surface area contributed by atoms with Gasteiger partial charge in [0, 0.05) is 0 Å². The molecule has 0 atom stereocenters. The number of hydrogen-bond donors (Lipinski definition) is 0. The van der Waals surface area contributed by atoms with Crippen molar-refractivity contribution >= 4 is 6.03 Å². The highest BCUT2D eigenvalue weighted by molar-refractivity contribution is 5.72. The molecule has 15 heavy (non-hydrogen) atoms. The van der Waals surface area contributed by atoms with Gasteiger partial charge in [0.25, 0.3) is 0 Å². The zero-order valence-corrected chi connectivity index (χ0v) is 9.10. The predicted molar refractivity (Wildman–Crippen MR) is 49.6 cm³/mol. The summed E-state index contributed by atoms with van der Waals surface area (Å²) in [5, 5.41) is 9.72. The van der Waals surface area contributed by atoms with Crippen molar-refractivity contribution in [3.05, 3.63) is 0 Å². The average molecular weight is 217 g/mol. The average Bonchev–Trinajstić information content (AvgIpc) is 2.24. The third-order valence-electron chi connectivity index (χ3n) is 1.17. The molecule has 86 valence electrons. The largest absolute Gasteiger partial charge is 0.407 e. The molecule has 7 nitrogen and oxygen atoms in total. The zero-order valence-electron chi connectivity index (χ0n) is 9.10. The van der Waals surface area contributed by atoms with Gasteiger partial charge in [-0.15, -0.1) is 0 Å². The first-order valence-electron chi connectivity index (χ1n) is 4.63. The second-order valence-corrected chi connectivity index (χ2v) is 2.19. The molecule has 0 aromatic rings. The Morgan fingerprint density at radius 2 is 1.60 bits per heavy atom. The lowest BCUT2D eigenvalue weighted by Crippen LogP contribution is -2.40. The number of urea groups is 1. The molecular formula is C8H15N3O4. The standard InChI is InChI=1S/C8H15N3O4/c1-4-13-10(7-9)8(12)11(14-5-2)15-6-3/h4-6H2,1-3H3. The maximum atomic E-state index is 11.5. The summed E-state index contributed by atoms with van der Waals surface area (Å²) in [6.07, 6.45) is 1.56. The highest BCUT2D eigenvalue weighted by Crippen LogP contribution is 2.01. The number of carbonyl (C=O) groups excluding carboxylic acids is 1. The van der Waals surface area contributed by atoms with Crippen molar-refractivity contribution < 1.29 is 19.3 Å². The lowest BCUT2D eigenvalue weighted by molar-refractivity contribution is -0.334. The van der Waals surface area contributed by atoms with Crippen molar-refractivity contribution in [2.75, 3.05) is 19.8 Å². The summed E-state index contributed by atoms with van der Waals surface area (Å²) >= 11 is 0. The van der Waals surface area contributed by atoms with Crippen LogP contribution in [0.5, 0.6) is 0 Å². The lowest BCUT2D eigenvalue weighted by Gasteiger charge is -2.21. The maximum absolute atomic E-state index is 11.5. The number of nitriles is 1. The van der Waals surface area contributed by atoms with E-state index in [0.29, 0.717) is 10.3 Å². The van der Waals surface area contributed by atoms with Crippen molar-refractivity contribution in [3.8, 4) is 6.19 Å². The van der Waals surface area contributed by atoms with Gasteiger partial charge in [0.1, 0.15) is 0 Å². The second-order valence-electron chi connectivity index (χ2n) is 2.19. The SMILES string of the molecule is CCON(C#N)C(=O)N(OCC)OCC. The maximum Gasteiger partial charge on any atom is 0.407 e. The smallest absolute Gasteiger partial charge is 0.256 e. The van der Waals surface area contributed by atoms with E-state index < -0.39 is 6.03 Å². The predicted octanol–water partition coefficient (Wildman–Crippen LogP) is 1.05. The highest BCUT2D eigenvalue weighted by Gasteiger charge is 2.23. The number of hydroxylamine groups is 4. The molecule has 0 aromatic heterocycles. The van der Waals surface area contributed by atoms with E-state index in [1.54, 1.807) is 27.0 Å². The van der Waals surface area contributed by atoms with Gasteiger partial charge >= 0.3 is 6.03 Å². The Kier molecular flexibility index (Phi) is 7.27. The first-order valence-corrected chi connectivity index (χ1v) is 4.63. The van der Waals surface area contributed by atoms with Crippen LogP contribution in [-0.4, -0.2) is 36.1 Å². The topological polar surface area (TPSA) is 75.0 Å². The van der Waals surface area contributed by atoms with E-state index in [-0.39, 0.29) is 19.8 Å². The van der Waals surface area contributed by atoms with E-state index in [1.165, 1.54) is 0 Å². The van der Waals surface area contributed by atoms with Gasteiger partial charge in [0.2, 0.25) is 6.19 Å². The lowest BCUT2D eigenvalue weighted by atomic mass is 10.8. The molecule has 7 heteroatoms. The highest BCUT2D eigenvalue weighted by atomic mass is 17.0. The molecule has 0 aliphatic carbocycles. The summed E-state index contributed by atoms with van der Waals surface area (Å²) in [5.41, 5.74) is 0. The molecule has 0 saturated carbocycles. The fraction of sp³-hybridized carbons (Fsp3) is 0.750. The van der Waals surface area contributed by atoms with Crippen LogP contribution in [0.3, 0.4) is 0 Å². The minimum atomic E-state index is -0.817. The molecule has 0 fully saturated rings. The Hall–Kier alpha value is -1.36. The van der Waals surface area contributed by atoms with E-state index in [2.05, 4.69) is 0 Å². The summed E-state index contributed by atoms with van der Waals surface area (Å²) < 4.78 is 0. The normalized spacial score (nSPS) is 9.47. The monoisotopic (exact) mass is 217 g/mol. The van der Waals surface area contributed by atoms with Gasteiger partial charge in [-0.1, -0.05) is 10.3 Å². The fourth-order valence-electron chi connectivity index (χ4n) is 0.712. The summed E-state index contributed by atoms with van der Waals surface area (Å²) in [7, 11) is 0. The van der Waals surface area contributed by atoms with Crippen molar-refractivity contribution in [1.82, 2.24) is 10.3 Å². The van der Waals surface area contributed by atoms with Gasteiger partial charge in [-0.2, -0.15) is 5.26 Å². The molecule has 0 heterocycles. The van der Waals surface area contributed by atoms with Gasteiger partial charge < -0.3 is 0 Å². The van der Waals surface area contributed by atoms with Crippen LogP contribution in [0.15, 0.2) is 0 Å². The van der Waals surface area contributed by atoms with Crippen LogP contribution < -0.4 is 0 Å². The van der Waals surface area contributed by atoms with E-state index in [9.17, 15) is 4.79 Å². The van der Waals surface area contributed by atoms with Gasteiger partial charge in [-0.3, -0.25) is 4.84 Å². The summed E-state index contributed by atoms with van der Waals surface area (Å²) in [4.78, 5) is 26.0. The number of hydrogen-bond acceptors (Lipinski definition) is 5. The quantitative estimate of drug-likeness (QED) is 0.377. The van der Waals surface area contributed by atoms with Crippen LogP contribution in [0.1, 0.15) is 20.8 Å². The zero-order chi connectivity index (χ0) is 11.7. The van der Waals surface area contributed by atoms with Crippen LogP contribution in [0.2, 0.25) is 0 Å². The van der Waals surface area contributed by atoms with Crippen LogP contribution >= 0.6 is 0 Å². The molecule has 0 aliphatic heterocycles. The second kappa shape index (κ2) is 7.99. The number of amides is 2. The van der Waals surface area contributed by atoms with Crippen LogP contribution in [0.4, 0.5) is 4.79 Å². The minimum Gasteiger partial charge on any atom is -0.256 e. The van der Waals surface area contributed by atoms with Crippen molar-refractivity contribution in [3.63, 3.8) is 0 Å². The van der Waals surface area contributed by atoms with E-state index in [1.807, 2.05) is 0 Å². The first-order chi connectivity index (χ1) is 7.21.